The molecule has 0 saturated carbocycles. The van der Waals surface area contributed by atoms with Crippen molar-refractivity contribution in [2.24, 2.45) is 11.7 Å². The van der Waals surface area contributed by atoms with Gasteiger partial charge in [0.05, 0.1) is 6.61 Å². The summed E-state index contributed by atoms with van der Waals surface area (Å²) in [6, 6.07) is 4.96. The van der Waals surface area contributed by atoms with E-state index in [-0.39, 0.29) is 17.6 Å². The zero-order valence-electron chi connectivity index (χ0n) is 11.3. The van der Waals surface area contributed by atoms with Gasteiger partial charge >= 0.3 is 0 Å². The summed E-state index contributed by atoms with van der Waals surface area (Å²) in [5, 5.41) is 0. The first kappa shape index (κ1) is 14.9. The van der Waals surface area contributed by atoms with E-state index >= 15 is 0 Å². The largest absolute Gasteiger partial charge is 0.488 e. The maximum absolute atomic E-state index is 13.5. The van der Waals surface area contributed by atoms with E-state index in [0.717, 1.165) is 12.0 Å². The molecule has 2 N–H and O–H groups in total. The van der Waals surface area contributed by atoms with Crippen LogP contribution in [0.3, 0.4) is 0 Å². The Balaban J connectivity index is 2.67. The van der Waals surface area contributed by atoms with Crippen molar-refractivity contribution in [3.8, 4) is 5.75 Å². The molecule has 0 unspecified atom stereocenters. The molecule has 0 aliphatic carbocycles. The summed E-state index contributed by atoms with van der Waals surface area (Å²) in [5.74, 6) is 0.307. The highest BCUT2D eigenvalue weighted by molar-refractivity contribution is 5.30. The molecule has 1 aromatic rings. The van der Waals surface area contributed by atoms with E-state index in [0.29, 0.717) is 19.1 Å². The van der Waals surface area contributed by atoms with Crippen molar-refractivity contribution in [2.75, 3.05) is 20.3 Å². The summed E-state index contributed by atoms with van der Waals surface area (Å²) >= 11 is 0. The lowest BCUT2D eigenvalue weighted by atomic mass is 9.97. The Labute approximate surface area is 108 Å². The fraction of sp³-hybridized carbons (Fsp3) is 0.571. The SMILES string of the molecule is COCCOc1cc(C[C@H](N)C(C)C)ccc1F. The Morgan fingerprint density at radius 3 is 2.61 bits per heavy atom. The first-order valence-corrected chi connectivity index (χ1v) is 6.20. The van der Waals surface area contributed by atoms with Crippen molar-refractivity contribution in [2.45, 2.75) is 26.3 Å². The molecule has 0 fully saturated rings. The molecule has 0 aliphatic rings. The molecule has 0 heterocycles. The number of nitrogens with two attached hydrogens (primary N) is 1. The summed E-state index contributed by atoms with van der Waals surface area (Å²) in [4.78, 5) is 0. The second kappa shape index (κ2) is 7.34. The van der Waals surface area contributed by atoms with E-state index in [1.54, 1.807) is 19.2 Å². The normalized spacial score (nSPS) is 12.8. The Kier molecular flexibility index (Phi) is 6.09. The van der Waals surface area contributed by atoms with Crippen molar-refractivity contribution in [3.05, 3.63) is 29.6 Å². The smallest absolute Gasteiger partial charge is 0.165 e. The molecule has 0 spiro atoms. The number of ether oxygens (including phenoxy) is 2. The molecular weight excluding hydrogens is 233 g/mol. The third-order valence-electron chi connectivity index (χ3n) is 2.87. The van der Waals surface area contributed by atoms with Gasteiger partial charge in [0.1, 0.15) is 6.61 Å². The average molecular weight is 255 g/mol. The average Bonchev–Trinajstić information content (AvgIpc) is 2.33. The topological polar surface area (TPSA) is 44.5 Å². The van der Waals surface area contributed by atoms with Gasteiger partial charge in [-0.2, -0.15) is 0 Å². The van der Waals surface area contributed by atoms with Crippen LogP contribution < -0.4 is 10.5 Å². The van der Waals surface area contributed by atoms with Crippen LogP contribution in [0.2, 0.25) is 0 Å². The second-order valence-electron chi connectivity index (χ2n) is 4.72. The number of rotatable bonds is 7. The van der Waals surface area contributed by atoms with Crippen molar-refractivity contribution in [3.63, 3.8) is 0 Å². The van der Waals surface area contributed by atoms with Crippen LogP contribution in [-0.4, -0.2) is 26.4 Å². The number of halogens is 1. The summed E-state index contributed by atoms with van der Waals surface area (Å²) in [5.41, 5.74) is 6.99. The zero-order valence-corrected chi connectivity index (χ0v) is 11.3. The van der Waals surface area contributed by atoms with E-state index < -0.39 is 0 Å². The lowest BCUT2D eigenvalue weighted by Gasteiger charge is -2.16. The van der Waals surface area contributed by atoms with Crippen LogP contribution in [0.4, 0.5) is 4.39 Å². The highest BCUT2D eigenvalue weighted by Gasteiger charge is 2.11. The summed E-state index contributed by atoms with van der Waals surface area (Å²) in [6.45, 7) is 4.93. The number of hydrogen-bond acceptors (Lipinski definition) is 3. The molecule has 18 heavy (non-hydrogen) atoms. The molecule has 1 rings (SSSR count). The molecule has 102 valence electrons. The first-order chi connectivity index (χ1) is 8.54. The monoisotopic (exact) mass is 255 g/mol. The maximum atomic E-state index is 13.5. The molecular formula is C14H22FNO2. The van der Waals surface area contributed by atoms with Gasteiger partial charge in [0, 0.05) is 13.2 Å². The molecule has 0 amide bonds. The molecule has 0 radical (unpaired) electrons. The van der Waals surface area contributed by atoms with E-state index in [9.17, 15) is 4.39 Å². The van der Waals surface area contributed by atoms with E-state index in [4.69, 9.17) is 15.2 Å². The minimum absolute atomic E-state index is 0.0716. The van der Waals surface area contributed by atoms with Gasteiger partial charge in [-0.1, -0.05) is 19.9 Å². The van der Waals surface area contributed by atoms with Gasteiger partial charge in [-0.15, -0.1) is 0 Å². The van der Waals surface area contributed by atoms with Gasteiger partial charge in [0.25, 0.3) is 0 Å². The predicted molar refractivity (Wildman–Crippen MR) is 70.3 cm³/mol. The predicted octanol–water partition coefficient (Wildman–Crippen LogP) is 2.38. The highest BCUT2D eigenvalue weighted by Crippen LogP contribution is 2.20. The fourth-order valence-corrected chi connectivity index (χ4v) is 1.53. The quantitative estimate of drug-likeness (QED) is 0.761. The lowest BCUT2D eigenvalue weighted by molar-refractivity contribution is 0.144. The van der Waals surface area contributed by atoms with Crippen LogP contribution in [0.25, 0.3) is 0 Å². The van der Waals surface area contributed by atoms with Crippen molar-refractivity contribution in [1.82, 2.24) is 0 Å². The van der Waals surface area contributed by atoms with Crippen LogP contribution in [0, 0.1) is 11.7 Å². The van der Waals surface area contributed by atoms with Crippen molar-refractivity contribution >= 4 is 0 Å². The van der Waals surface area contributed by atoms with Gasteiger partial charge < -0.3 is 15.2 Å². The lowest BCUT2D eigenvalue weighted by Crippen LogP contribution is -2.28. The van der Waals surface area contributed by atoms with Crippen molar-refractivity contribution in [1.29, 1.82) is 0 Å². The van der Waals surface area contributed by atoms with Crippen LogP contribution >= 0.6 is 0 Å². The molecule has 4 heteroatoms. The Bertz CT molecular complexity index is 369. The minimum atomic E-state index is -0.354. The van der Waals surface area contributed by atoms with E-state index in [2.05, 4.69) is 13.8 Å². The Morgan fingerprint density at radius 2 is 2.00 bits per heavy atom. The Hall–Kier alpha value is -1.13. The van der Waals surface area contributed by atoms with Crippen LogP contribution in [0.1, 0.15) is 19.4 Å². The van der Waals surface area contributed by atoms with Crippen molar-refractivity contribution < 1.29 is 13.9 Å². The molecule has 0 bridgehead atoms. The number of benzene rings is 1. The molecule has 1 aromatic carbocycles. The van der Waals surface area contributed by atoms with Gasteiger partial charge in [0.2, 0.25) is 0 Å². The zero-order chi connectivity index (χ0) is 13.5. The molecule has 0 aromatic heterocycles. The Morgan fingerprint density at radius 1 is 1.28 bits per heavy atom. The van der Waals surface area contributed by atoms with Crippen LogP contribution in [0.5, 0.6) is 5.75 Å². The van der Waals surface area contributed by atoms with Crippen LogP contribution in [-0.2, 0) is 11.2 Å². The van der Waals surface area contributed by atoms with Gasteiger partial charge in [0.15, 0.2) is 11.6 Å². The third kappa shape index (κ3) is 4.63. The fourth-order valence-electron chi connectivity index (χ4n) is 1.53. The molecule has 3 nitrogen and oxygen atoms in total. The first-order valence-electron chi connectivity index (χ1n) is 6.20. The second-order valence-corrected chi connectivity index (χ2v) is 4.72. The molecule has 1 atom stereocenters. The van der Waals surface area contributed by atoms with Gasteiger partial charge in [-0.25, -0.2) is 4.39 Å². The summed E-state index contributed by atoms with van der Waals surface area (Å²) in [7, 11) is 1.58. The minimum Gasteiger partial charge on any atom is -0.488 e. The number of hydrogen-bond donors (Lipinski definition) is 1. The van der Waals surface area contributed by atoms with Gasteiger partial charge in [-0.05, 0) is 30.0 Å². The summed E-state index contributed by atoms with van der Waals surface area (Å²) in [6.07, 6.45) is 0.721. The van der Waals surface area contributed by atoms with E-state index in [1.807, 2.05) is 0 Å². The maximum Gasteiger partial charge on any atom is 0.165 e. The van der Waals surface area contributed by atoms with Gasteiger partial charge in [-0.3, -0.25) is 0 Å². The standard InChI is InChI=1S/C14H22FNO2/c1-10(2)13(16)8-11-4-5-12(15)14(9-11)18-7-6-17-3/h4-5,9-10,13H,6-8,16H2,1-3H3/t13-/m0/s1. The highest BCUT2D eigenvalue weighted by atomic mass is 19.1. The summed E-state index contributed by atoms with van der Waals surface area (Å²) < 4.78 is 23.7. The molecule has 0 aliphatic heterocycles. The number of methoxy groups -OCH3 is 1. The van der Waals surface area contributed by atoms with E-state index in [1.165, 1.54) is 6.07 Å². The van der Waals surface area contributed by atoms with Crippen LogP contribution in [0.15, 0.2) is 18.2 Å². The molecule has 0 saturated heterocycles. The third-order valence-corrected chi connectivity index (χ3v) is 2.87.